The van der Waals surface area contributed by atoms with Crippen LogP contribution in [-0.4, -0.2) is 41.8 Å². The maximum atomic E-state index is 13.3. The third-order valence-electron chi connectivity index (χ3n) is 3.75. The van der Waals surface area contributed by atoms with E-state index in [4.69, 9.17) is 5.73 Å². The zero-order chi connectivity index (χ0) is 13.4. The first-order valence-corrected chi connectivity index (χ1v) is 6.26. The first kappa shape index (κ1) is 13.5. The van der Waals surface area contributed by atoms with Crippen molar-refractivity contribution in [1.82, 2.24) is 10.2 Å². The average molecular weight is 265 g/mol. The number of rotatable bonds is 2. The normalized spacial score (nSPS) is 29.2. The van der Waals surface area contributed by atoms with Crippen LogP contribution in [-0.2, 0) is 0 Å². The molecule has 3 N–H and O–H groups in total. The van der Waals surface area contributed by atoms with Gasteiger partial charge in [0.25, 0.3) is 0 Å². The molecule has 2 fully saturated rings. The van der Waals surface area contributed by atoms with Crippen LogP contribution in [0.25, 0.3) is 0 Å². The molecule has 2 aliphatic rings. The van der Waals surface area contributed by atoms with Crippen molar-refractivity contribution in [2.24, 2.45) is 5.73 Å². The predicted octanol–water partition coefficient (Wildman–Crippen LogP) is 1.60. The zero-order valence-corrected chi connectivity index (χ0v) is 10.1. The fourth-order valence-corrected chi connectivity index (χ4v) is 2.44. The number of amides is 2. The molecule has 1 saturated carbocycles. The summed E-state index contributed by atoms with van der Waals surface area (Å²) in [6.07, 6.45) is -1.85. The number of piperidine rings is 1. The van der Waals surface area contributed by atoms with Crippen molar-refractivity contribution in [3.63, 3.8) is 0 Å². The van der Waals surface area contributed by atoms with Gasteiger partial charge < -0.3 is 16.0 Å². The Labute approximate surface area is 104 Å². The first-order chi connectivity index (χ1) is 8.40. The summed E-state index contributed by atoms with van der Waals surface area (Å²) in [5.74, 6) is 0. The molecule has 1 heterocycles. The topological polar surface area (TPSA) is 58.4 Å². The van der Waals surface area contributed by atoms with Crippen LogP contribution in [0.1, 0.15) is 32.1 Å². The van der Waals surface area contributed by atoms with Gasteiger partial charge in [0.05, 0.1) is 0 Å². The van der Waals surface area contributed by atoms with Gasteiger partial charge in [-0.1, -0.05) is 0 Å². The molecular weight excluding hydrogens is 247 g/mol. The lowest BCUT2D eigenvalue weighted by Crippen LogP contribution is -2.68. The molecule has 18 heavy (non-hydrogen) atoms. The third-order valence-corrected chi connectivity index (χ3v) is 3.75. The summed E-state index contributed by atoms with van der Waals surface area (Å²) in [6.45, 7) is -0.455. The van der Waals surface area contributed by atoms with Crippen molar-refractivity contribution >= 4 is 6.03 Å². The summed E-state index contributed by atoms with van der Waals surface area (Å²) >= 11 is 0. The second-order valence-corrected chi connectivity index (χ2v) is 5.07. The van der Waals surface area contributed by atoms with E-state index in [0.717, 1.165) is 17.7 Å². The lowest BCUT2D eigenvalue weighted by molar-refractivity contribution is -0.227. The van der Waals surface area contributed by atoms with Crippen LogP contribution in [0.15, 0.2) is 0 Å². The summed E-state index contributed by atoms with van der Waals surface area (Å²) in [5.41, 5.74) is 3.17. The van der Waals surface area contributed by atoms with Crippen LogP contribution >= 0.6 is 0 Å². The van der Waals surface area contributed by atoms with Gasteiger partial charge in [-0.2, -0.15) is 13.2 Å². The summed E-state index contributed by atoms with van der Waals surface area (Å²) < 4.78 is 39.8. The maximum absolute atomic E-state index is 13.3. The Hall–Kier alpha value is -0.980. The molecule has 1 aliphatic carbocycles. The summed E-state index contributed by atoms with van der Waals surface area (Å²) in [6, 6.07) is -0.580. The quantitative estimate of drug-likeness (QED) is 0.796. The third kappa shape index (κ3) is 2.28. The van der Waals surface area contributed by atoms with Crippen molar-refractivity contribution in [2.45, 2.75) is 49.9 Å². The van der Waals surface area contributed by atoms with Gasteiger partial charge in [0.1, 0.15) is 0 Å². The van der Waals surface area contributed by atoms with Crippen molar-refractivity contribution in [2.75, 3.05) is 13.1 Å². The number of nitrogens with zero attached hydrogens (tertiary/aromatic N) is 1. The molecule has 7 heteroatoms. The molecule has 1 aliphatic heterocycles. The number of halogens is 3. The lowest BCUT2D eigenvalue weighted by Gasteiger charge is -2.47. The van der Waals surface area contributed by atoms with E-state index in [-0.39, 0.29) is 19.0 Å². The number of hydrogen-bond donors (Lipinski definition) is 2. The highest BCUT2D eigenvalue weighted by atomic mass is 19.4. The van der Waals surface area contributed by atoms with E-state index in [9.17, 15) is 18.0 Å². The molecule has 2 amide bonds. The van der Waals surface area contributed by atoms with E-state index in [1.807, 2.05) is 0 Å². The molecule has 1 unspecified atom stereocenters. The summed E-state index contributed by atoms with van der Waals surface area (Å²) in [4.78, 5) is 12.8. The monoisotopic (exact) mass is 265 g/mol. The second-order valence-electron chi connectivity index (χ2n) is 5.07. The zero-order valence-electron chi connectivity index (χ0n) is 10.1. The maximum Gasteiger partial charge on any atom is 0.412 e. The van der Waals surface area contributed by atoms with Gasteiger partial charge in [-0.15, -0.1) is 0 Å². The van der Waals surface area contributed by atoms with Crippen molar-refractivity contribution in [1.29, 1.82) is 0 Å². The first-order valence-electron chi connectivity index (χ1n) is 6.26. The van der Waals surface area contributed by atoms with E-state index in [1.54, 1.807) is 0 Å². The highest BCUT2D eigenvalue weighted by Crippen LogP contribution is 2.41. The largest absolute Gasteiger partial charge is 0.412 e. The molecule has 0 radical (unpaired) electrons. The van der Waals surface area contributed by atoms with Crippen LogP contribution in [0.2, 0.25) is 0 Å². The summed E-state index contributed by atoms with van der Waals surface area (Å²) in [5, 5.41) is 2.62. The molecule has 104 valence electrons. The van der Waals surface area contributed by atoms with Crippen LogP contribution in [0.4, 0.5) is 18.0 Å². The number of nitrogens with two attached hydrogens (primary N) is 1. The Balaban J connectivity index is 2.19. The Morgan fingerprint density at radius 3 is 2.56 bits per heavy atom. The molecule has 0 spiro atoms. The Morgan fingerprint density at radius 1 is 1.39 bits per heavy atom. The fourth-order valence-electron chi connectivity index (χ4n) is 2.44. The number of carbonyl (C=O) groups excluding carboxylic acids is 1. The van der Waals surface area contributed by atoms with Crippen molar-refractivity contribution in [3.8, 4) is 0 Å². The second kappa shape index (κ2) is 4.60. The van der Waals surface area contributed by atoms with Crippen LogP contribution in [0, 0.1) is 0 Å². The highest BCUT2D eigenvalue weighted by Gasteiger charge is 2.59. The molecule has 1 saturated heterocycles. The van der Waals surface area contributed by atoms with Crippen molar-refractivity contribution in [3.05, 3.63) is 0 Å². The Kier molecular flexibility index (Phi) is 3.44. The van der Waals surface area contributed by atoms with Gasteiger partial charge in [-0.3, -0.25) is 0 Å². The SMILES string of the molecule is NCC1(C(F)(F)F)CCCCN1C(=O)NC1CC1. The Morgan fingerprint density at radius 2 is 2.06 bits per heavy atom. The van der Waals surface area contributed by atoms with E-state index >= 15 is 0 Å². The number of nitrogens with one attached hydrogen (secondary N) is 1. The van der Waals surface area contributed by atoms with E-state index in [1.165, 1.54) is 0 Å². The number of likely N-dealkylation sites (tertiary alicyclic amines) is 1. The van der Waals surface area contributed by atoms with Gasteiger partial charge in [0.2, 0.25) is 0 Å². The average Bonchev–Trinajstić information content (AvgIpc) is 3.11. The molecule has 1 atom stereocenters. The molecular formula is C11H18F3N3O. The number of hydrogen-bond acceptors (Lipinski definition) is 2. The number of alkyl halides is 3. The van der Waals surface area contributed by atoms with Crippen LogP contribution in [0.3, 0.4) is 0 Å². The molecule has 4 nitrogen and oxygen atoms in total. The Bertz CT molecular complexity index is 330. The van der Waals surface area contributed by atoms with E-state index < -0.39 is 24.3 Å². The smallest absolute Gasteiger partial charge is 0.335 e. The van der Waals surface area contributed by atoms with Crippen LogP contribution in [0.5, 0.6) is 0 Å². The van der Waals surface area contributed by atoms with Gasteiger partial charge in [-0.05, 0) is 32.1 Å². The van der Waals surface area contributed by atoms with Gasteiger partial charge in [0.15, 0.2) is 5.54 Å². The number of urea groups is 1. The number of carbonyl (C=O) groups is 1. The molecule has 0 aromatic carbocycles. The minimum atomic E-state index is -4.48. The van der Waals surface area contributed by atoms with E-state index in [0.29, 0.717) is 12.8 Å². The highest BCUT2D eigenvalue weighted by molar-refractivity contribution is 5.76. The minimum Gasteiger partial charge on any atom is -0.335 e. The predicted molar refractivity (Wildman–Crippen MR) is 60.0 cm³/mol. The summed E-state index contributed by atoms with van der Waals surface area (Å²) in [7, 11) is 0. The standard InChI is InChI=1S/C11H18F3N3O/c12-11(13,14)10(7-15)5-1-2-6-17(10)9(18)16-8-3-4-8/h8H,1-7,15H2,(H,16,18). The molecule has 2 rings (SSSR count). The molecule has 0 aromatic heterocycles. The van der Waals surface area contributed by atoms with Gasteiger partial charge >= 0.3 is 12.2 Å². The van der Waals surface area contributed by atoms with Gasteiger partial charge in [-0.25, -0.2) is 4.79 Å². The van der Waals surface area contributed by atoms with E-state index in [2.05, 4.69) is 5.32 Å². The molecule has 0 aromatic rings. The lowest BCUT2D eigenvalue weighted by atomic mass is 9.86. The van der Waals surface area contributed by atoms with Gasteiger partial charge in [0, 0.05) is 19.1 Å². The molecule has 0 bridgehead atoms. The minimum absolute atomic E-state index is 0.0446. The van der Waals surface area contributed by atoms with Crippen molar-refractivity contribution < 1.29 is 18.0 Å². The fraction of sp³-hybridized carbons (Fsp3) is 0.909. The van der Waals surface area contributed by atoms with Crippen LogP contribution < -0.4 is 11.1 Å².